The Bertz CT molecular complexity index is 1140. The van der Waals surface area contributed by atoms with Gasteiger partial charge in [0.1, 0.15) is 5.60 Å². The lowest BCUT2D eigenvalue weighted by Gasteiger charge is -2.46. The van der Waals surface area contributed by atoms with Crippen LogP contribution in [-0.4, -0.2) is 54.9 Å². The molecule has 0 saturated carbocycles. The van der Waals surface area contributed by atoms with Gasteiger partial charge >= 0.3 is 12.1 Å². The van der Waals surface area contributed by atoms with Gasteiger partial charge in [-0.3, -0.25) is 9.74 Å². The van der Waals surface area contributed by atoms with Crippen LogP contribution in [-0.2, 0) is 36.4 Å². The van der Waals surface area contributed by atoms with Crippen LogP contribution in [0.2, 0.25) is 0 Å². The summed E-state index contributed by atoms with van der Waals surface area (Å²) < 4.78 is 29.3. The van der Waals surface area contributed by atoms with Crippen LogP contribution in [0.5, 0.6) is 0 Å². The van der Waals surface area contributed by atoms with Crippen molar-refractivity contribution in [3.05, 3.63) is 65.7 Å². The number of nitrogens with zero attached hydrogens (tertiary/aromatic N) is 1. The maximum atomic E-state index is 13.3. The summed E-state index contributed by atoms with van der Waals surface area (Å²) in [5.74, 6) is -1.22. The number of sulfone groups is 1. The third-order valence-electron chi connectivity index (χ3n) is 5.78. The zero-order chi connectivity index (χ0) is 25.9. The van der Waals surface area contributed by atoms with Gasteiger partial charge in [0.25, 0.3) is 0 Å². The molecule has 0 aliphatic carbocycles. The number of hydroxylamine groups is 1. The first-order chi connectivity index (χ1) is 16.3. The highest BCUT2D eigenvalue weighted by molar-refractivity contribution is 7.90. The molecule has 0 radical (unpaired) electrons. The summed E-state index contributed by atoms with van der Waals surface area (Å²) in [6.07, 6.45) is 0.774. The van der Waals surface area contributed by atoms with E-state index in [1.807, 2.05) is 30.3 Å². The number of benzene rings is 2. The summed E-state index contributed by atoms with van der Waals surface area (Å²) in [7, 11) is -3.47. The third kappa shape index (κ3) is 6.39. The Labute approximate surface area is 205 Å². The van der Waals surface area contributed by atoms with Crippen molar-refractivity contribution in [3.8, 4) is 0 Å². The largest absolute Gasteiger partial charge is 0.479 e. The lowest BCUT2D eigenvalue weighted by atomic mass is 9.79. The van der Waals surface area contributed by atoms with Gasteiger partial charge in [-0.2, -0.15) is 5.48 Å². The van der Waals surface area contributed by atoms with E-state index in [1.54, 1.807) is 20.8 Å². The number of carboxylic acids is 1. The number of ether oxygens (including phenoxy) is 1. The van der Waals surface area contributed by atoms with Gasteiger partial charge in [-0.1, -0.05) is 42.5 Å². The molecule has 1 aliphatic rings. The fourth-order valence-corrected chi connectivity index (χ4v) is 4.70. The van der Waals surface area contributed by atoms with Gasteiger partial charge < -0.3 is 9.84 Å². The molecule has 9 nitrogen and oxygen atoms in total. The van der Waals surface area contributed by atoms with Crippen LogP contribution in [0.25, 0.3) is 0 Å². The molecule has 2 N–H and O–H groups in total. The van der Waals surface area contributed by atoms with Crippen LogP contribution in [0.15, 0.2) is 59.5 Å². The second-order valence-corrected chi connectivity index (χ2v) is 11.7. The monoisotopic (exact) mass is 504 g/mol. The predicted molar refractivity (Wildman–Crippen MR) is 129 cm³/mol. The normalized spacial score (nSPS) is 20.9. The van der Waals surface area contributed by atoms with Crippen molar-refractivity contribution >= 4 is 21.9 Å². The fourth-order valence-electron chi connectivity index (χ4n) is 4.07. The third-order valence-corrected chi connectivity index (χ3v) is 6.91. The molecule has 3 rings (SSSR count). The van der Waals surface area contributed by atoms with Crippen molar-refractivity contribution in [1.29, 1.82) is 0 Å². The van der Waals surface area contributed by atoms with Crippen LogP contribution in [0, 0.1) is 0 Å². The molecule has 0 bridgehead atoms. The van der Waals surface area contributed by atoms with Crippen molar-refractivity contribution in [2.45, 2.75) is 62.3 Å². The van der Waals surface area contributed by atoms with Crippen molar-refractivity contribution < 1.29 is 32.7 Å². The van der Waals surface area contributed by atoms with Gasteiger partial charge in [-0.05, 0) is 56.9 Å². The van der Waals surface area contributed by atoms with Gasteiger partial charge in [0.2, 0.25) is 0 Å². The molecule has 35 heavy (non-hydrogen) atoms. The van der Waals surface area contributed by atoms with Gasteiger partial charge in [-0.25, -0.2) is 18.0 Å². The number of amides is 1. The Hall–Kier alpha value is -2.95. The number of hydrogen-bond acceptors (Lipinski definition) is 7. The number of hydrogen-bond donors (Lipinski definition) is 2. The number of piperidine rings is 1. The first-order valence-corrected chi connectivity index (χ1v) is 13.2. The quantitative estimate of drug-likeness (QED) is 0.550. The van der Waals surface area contributed by atoms with Crippen LogP contribution >= 0.6 is 0 Å². The van der Waals surface area contributed by atoms with Crippen molar-refractivity contribution in [2.75, 3.05) is 12.8 Å². The van der Waals surface area contributed by atoms with E-state index < -0.39 is 33.0 Å². The topological polar surface area (TPSA) is 122 Å². The first-order valence-electron chi connectivity index (χ1n) is 11.3. The van der Waals surface area contributed by atoms with Gasteiger partial charge in [0.15, 0.2) is 15.4 Å². The maximum absolute atomic E-state index is 13.3. The van der Waals surface area contributed by atoms with E-state index in [-0.39, 0.29) is 23.9 Å². The van der Waals surface area contributed by atoms with E-state index in [2.05, 4.69) is 5.48 Å². The molecule has 1 amide bonds. The molecule has 1 fully saturated rings. The second kappa shape index (κ2) is 10.3. The Kier molecular flexibility index (Phi) is 7.88. The highest BCUT2D eigenvalue weighted by Gasteiger charge is 2.53. The molecule has 190 valence electrons. The molecule has 2 aromatic carbocycles. The summed E-state index contributed by atoms with van der Waals surface area (Å²) >= 11 is 0. The lowest BCUT2D eigenvalue weighted by molar-refractivity contribution is -0.157. The Morgan fingerprint density at radius 1 is 1.11 bits per heavy atom. The molecule has 0 unspecified atom stereocenters. The SMILES string of the molecule is CC(C)(C)OC(=O)N1C[C@H](NOCc2ccccc2)CC[C@@]1(C(=O)O)c1ccc(S(C)(=O)=O)cc1. The zero-order valence-electron chi connectivity index (χ0n) is 20.4. The van der Waals surface area contributed by atoms with Crippen molar-refractivity contribution in [3.63, 3.8) is 0 Å². The minimum atomic E-state index is -3.47. The predicted octanol–water partition coefficient (Wildman–Crippen LogP) is 3.49. The van der Waals surface area contributed by atoms with E-state index in [0.29, 0.717) is 18.6 Å². The molecule has 1 heterocycles. The molecule has 2 aromatic rings. The minimum absolute atomic E-state index is 0.0177. The van der Waals surface area contributed by atoms with E-state index >= 15 is 0 Å². The van der Waals surface area contributed by atoms with Gasteiger partial charge in [-0.15, -0.1) is 0 Å². The number of likely N-dealkylation sites (tertiary alicyclic amines) is 1. The standard InChI is InChI=1S/C25H32N2O7S/c1-24(2,3)34-23(30)27-16-20(26-33-17-18-8-6-5-7-9-18)14-15-25(27,22(28)29)19-10-12-21(13-11-19)35(4,31)32/h5-13,20,26H,14-17H2,1-4H3,(H,28,29)/t20-,25+/m1/s1. The number of nitrogens with one attached hydrogen (secondary N) is 1. The number of carboxylic acid groups (broad SMARTS) is 1. The maximum Gasteiger partial charge on any atom is 0.411 e. The Morgan fingerprint density at radius 3 is 2.29 bits per heavy atom. The van der Waals surface area contributed by atoms with Gasteiger partial charge in [0, 0.05) is 12.8 Å². The molecule has 2 atom stereocenters. The van der Waals surface area contributed by atoms with E-state index in [0.717, 1.165) is 11.8 Å². The molecular formula is C25H32N2O7S. The highest BCUT2D eigenvalue weighted by Crippen LogP contribution is 2.39. The summed E-state index contributed by atoms with van der Waals surface area (Å²) in [5.41, 5.74) is 1.65. The molecule has 0 spiro atoms. The number of aliphatic carboxylic acids is 1. The van der Waals surface area contributed by atoms with Crippen LogP contribution < -0.4 is 5.48 Å². The zero-order valence-corrected chi connectivity index (χ0v) is 21.2. The number of carbonyl (C=O) groups excluding carboxylic acids is 1. The van der Waals surface area contributed by atoms with Crippen LogP contribution in [0.1, 0.15) is 44.7 Å². The summed E-state index contributed by atoms with van der Waals surface area (Å²) in [6, 6.07) is 14.8. The average Bonchev–Trinajstić information content (AvgIpc) is 2.78. The van der Waals surface area contributed by atoms with Crippen LogP contribution in [0.3, 0.4) is 0 Å². The fraction of sp³-hybridized carbons (Fsp3) is 0.440. The second-order valence-electron chi connectivity index (χ2n) is 9.68. The molecule has 1 saturated heterocycles. The summed E-state index contributed by atoms with van der Waals surface area (Å²) in [5, 5.41) is 10.4. The molecule has 0 aromatic heterocycles. The van der Waals surface area contributed by atoms with E-state index in [1.165, 1.54) is 29.2 Å². The van der Waals surface area contributed by atoms with Crippen LogP contribution in [0.4, 0.5) is 4.79 Å². The first kappa shape index (κ1) is 26.7. The molecule has 10 heteroatoms. The van der Waals surface area contributed by atoms with Crippen molar-refractivity contribution in [1.82, 2.24) is 10.4 Å². The average molecular weight is 505 g/mol. The molecular weight excluding hydrogens is 472 g/mol. The van der Waals surface area contributed by atoms with E-state index in [4.69, 9.17) is 9.57 Å². The smallest absolute Gasteiger partial charge is 0.411 e. The summed E-state index contributed by atoms with van der Waals surface area (Å²) in [4.78, 5) is 32.9. The highest BCUT2D eigenvalue weighted by atomic mass is 32.2. The lowest BCUT2D eigenvalue weighted by Crippen LogP contribution is -2.62. The summed E-state index contributed by atoms with van der Waals surface area (Å²) in [6.45, 7) is 5.44. The Balaban J connectivity index is 1.89. The van der Waals surface area contributed by atoms with Crippen molar-refractivity contribution in [2.24, 2.45) is 0 Å². The van der Waals surface area contributed by atoms with E-state index in [9.17, 15) is 23.1 Å². The van der Waals surface area contributed by atoms with Gasteiger partial charge in [0.05, 0.1) is 17.5 Å². The minimum Gasteiger partial charge on any atom is -0.479 e. The number of rotatable bonds is 7. The Morgan fingerprint density at radius 2 is 1.74 bits per heavy atom. The number of carbonyl (C=O) groups is 2. The molecule has 1 aliphatic heterocycles.